The minimum atomic E-state index is -4.86. The third-order valence-electron chi connectivity index (χ3n) is 2.83. The molecule has 0 fully saturated rings. The summed E-state index contributed by atoms with van der Waals surface area (Å²) >= 11 is 0.347. The summed E-state index contributed by atoms with van der Waals surface area (Å²) < 4.78 is 76.0. The molecule has 24 heavy (non-hydrogen) atoms. The maximum Gasteiger partial charge on any atom is 0.435 e. The lowest BCUT2D eigenvalue weighted by Gasteiger charge is -2.10. The molecule has 0 bridgehead atoms. The fraction of sp³-hybridized carbons (Fsp3) is 0.231. The van der Waals surface area contributed by atoms with Crippen molar-refractivity contribution in [2.75, 3.05) is 5.73 Å². The monoisotopic (exact) mass is 369 g/mol. The molecule has 0 atom stereocenters. The van der Waals surface area contributed by atoms with Gasteiger partial charge in [-0.2, -0.15) is 26.3 Å². The number of hydrogen-bond donors (Lipinski definition) is 2. The lowest BCUT2D eigenvalue weighted by Crippen LogP contribution is -2.25. The van der Waals surface area contributed by atoms with E-state index < -0.39 is 39.5 Å². The molecule has 1 aromatic carbocycles. The lowest BCUT2D eigenvalue weighted by atomic mass is 10.1. The van der Waals surface area contributed by atoms with Gasteiger partial charge in [-0.15, -0.1) is 0 Å². The molecule has 1 aromatic heterocycles. The van der Waals surface area contributed by atoms with Gasteiger partial charge in [0.15, 0.2) is 10.8 Å². The van der Waals surface area contributed by atoms with E-state index in [4.69, 9.17) is 5.73 Å². The van der Waals surface area contributed by atoms with Crippen molar-refractivity contribution >= 4 is 22.4 Å². The largest absolute Gasteiger partial charge is 0.435 e. The number of thiazole rings is 1. The molecule has 130 valence electrons. The van der Waals surface area contributed by atoms with Crippen LogP contribution < -0.4 is 11.1 Å². The number of aromatic nitrogens is 1. The molecule has 0 aliphatic rings. The van der Waals surface area contributed by atoms with Gasteiger partial charge in [-0.25, -0.2) is 4.98 Å². The van der Waals surface area contributed by atoms with Crippen LogP contribution in [0, 0.1) is 0 Å². The van der Waals surface area contributed by atoms with E-state index in [1.54, 1.807) is 0 Å². The summed E-state index contributed by atoms with van der Waals surface area (Å²) in [4.78, 5) is 14.2. The molecular formula is C13H9F6N3OS. The first kappa shape index (κ1) is 18.0. The number of nitrogens with zero attached hydrogens (tertiary/aromatic N) is 1. The average Bonchev–Trinajstić information content (AvgIpc) is 2.86. The molecule has 0 saturated carbocycles. The number of rotatable bonds is 3. The number of nitrogens with one attached hydrogen (secondary N) is 1. The van der Waals surface area contributed by atoms with E-state index >= 15 is 0 Å². The van der Waals surface area contributed by atoms with E-state index in [9.17, 15) is 31.1 Å². The Morgan fingerprint density at radius 1 is 1.17 bits per heavy atom. The number of nitrogen functional groups attached to an aromatic ring is 1. The van der Waals surface area contributed by atoms with Crippen LogP contribution in [-0.2, 0) is 18.9 Å². The second-order valence-electron chi connectivity index (χ2n) is 4.61. The maximum absolute atomic E-state index is 12.8. The molecule has 4 nitrogen and oxygen atoms in total. The molecule has 0 aliphatic heterocycles. The van der Waals surface area contributed by atoms with Gasteiger partial charge in [0.2, 0.25) is 0 Å². The Balaban J connectivity index is 2.15. The van der Waals surface area contributed by atoms with Gasteiger partial charge in [0.05, 0.1) is 5.56 Å². The fourth-order valence-electron chi connectivity index (χ4n) is 1.80. The highest BCUT2D eigenvalue weighted by Gasteiger charge is 2.39. The second kappa shape index (κ2) is 6.30. The van der Waals surface area contributed by atoms with Gasteiger partial charge in [0, 0.05) is 6.54 Å². The molecule has 2 aromatic rings. The van der Waals surface area contributed by atoms with Gasteiger partial charge in [-0.3, -0.25) is 4.79 Å². The van der Waals surface area contributed by atoms with Crippen LogP contribution >= 0.6 is 11.3 Å². The van der Waals surface area contributed by atoms with E-state index in [0.29, 0.717) is 11.3 Å². The standard InChI is InChI=1S/C13H9F6N3OS/c14-12(15,16)7-3-1-2-6(4-7)5-21-10(23)8-9(13(17,18)19)22-11(20)24-8/h1-4H,5H2,(H2,20,22)(H,21,23). The predicted molar refractivity (Wildman–Crippen MR) is 74.1 cm³/mol. The number of halogens is 6. The summed E-state index contributed by atoms with van der Waals surface area (Å²) in [5.74, 6) is -1.12. The zero-order chi connectivity index (χ0) is 18.1. The zero-order valence-corrected chi connectivity index (χ0v) is 12.4. The smallest absolute Gasteiger partial charge is 0.375 e. The van der Waals surface area contributed by atoms with Crippen molar-refractivity contribution in [2.24, 2.45) is 0 Å². The number of nitrogens with two attached hydrogens (primary N) is 1. The topological polar surface area (TPSA) is 68.0 Å². The third-order valence-corrected chi connectivity index (χ3v) is 3.71. The number of hydrogen-bond acceptors (Lipinski definition) is 4. The highest BCUT2D eigenvalue weighted by atomic mass is 32.1. The Morgan fingerprint density at radius 2 is 1.83 bits per heavy atom. The van der Waals surface area contributed by atoms with Crippen LogP contribution in [0.4, 0.5) is 31.5 Å². The highest BCUT2D eigenvalue weighted by molar-refractivity contribution is 7.17. The van der Waals surface area contributed by atoms with Gasteiger partial charge in [-0.1, -0.05) is 23.5 Å². The summed E-state index contributed by atoms with van der Waals surface area (Å²) in [7, 11) is 0. The molecule has 0 unspecified atom stereocenters. The molecule has 0 aliphatic carbocycles. The minimum absolute atomic E-state index is 0.0872. The zero-order valence-electron chi connectivity index (χ0n) is 11.6. The number of alkyl halides is 6. The fourth-order valence-corrected chi connectivity index (χ4v) is 2.57. The van der Waals surface area contributed by atoms with Crippen molar-refractivity contribution in [3.8, 4) is 0 Å². The molecule has 0 saturated heterocycles. The van der Waals surface area contributed by atoms with Gasteiger partial charge >= 0.3 is 12.4 Å². The molecule has 0 spiro atoms. The number of carbonyl (C=O) groups excluding carboxylic acids is 1. The third kappa shape index (κ3) is 4.16. The minimum Gasteiger partial charge on any atom is -0.375 e. The molecule has 3 N–H and O–H groups in total. The SMILES string of the molecule is Nc1nc(C(F)(F)F)c(C(=O)NCc2cccc(C(F)(F)F)c2)s1. The Hall–Kier alpha value is -2.30. The maximum atomic E-state index is 12.8. The quantitative estimate of drug-likeness (QED) is 0.811. The van der Waals surface area contributed by atoms with Gasteiger partial charge in [-0.05, 0) is 17.7 Å². The molecule has 2 rings (SSSR count). The lowest BCUT2D eigenvalue weighted by molar-refractivity contribution is -0.141. The first-order valence-electron chi connectivity index (χ1n) is 6.26. The predicted octanol–water partition coefficient (Wildman–Crippen LogP) is 3.69. The number of anilines is 1. The Labute approximate surface area is 135 Å². The Kier molecular flexibility index (Phi) is 4.74. The van der Waals surface area contributed by atoms with Crippen molar-refractivity contribution in [1.82, 2.24) is 10.3 Å². The molecule has 1 heterocycles. The van der Waals surface area contributed by atoms with Crippen LogP contribution in [0.3, 0.4) is 0 Å². The first-order chi connectivity index (χ1) is 11.0. The summed E-state index contributed by atoms with van der Waals surface area (Å²) in [5.41, 5.74) is 2.93. The summed E-state index contributed by atoms with van der Waals surface area (Å²) in [5, 5.41) is 1.69. The average molecular weight is 369 g/mol. The van der Waals surface area contributed by atoms with Crippen LogP contribution in [0.15, 0.2) is 24.3 Å². The van der Waals surface area contributed by atoms with Crippen molar-refractivity contribution < 1.29 is 31.1 Å². The summed E-state index contributed by atoms with van der Waals surface area (Å²) in [6, 6.07) is 4.08. The van der Waals surface area contributed by atoms with Gasteiger partial charge in [0.1, 0.15) is 4.88 Å². The van der Waals surface area contributed by atoms with E-state index in [-0.39, 0.29) is 12.1 Å². The molecular weight excluding hydrogens is 360 g/mol. The van der Waals surface area contributed by atoms with Crippen LogP contribution in [0.5, 0.6) is 0 Å². The normalized spacial score (nSPS) is 12.2. The van der Waals surface area contributed by atoms with Crippen molar-refractivity contribution in [1.29, 1.82) is 0 Å². The van der Waals surface area contributed by atoms with Crippen molar-refractivity contribution in [2.45, 2.75) is 18.9 Å². The van der Waals surface area contributed by atoms with Crippen molar-refractivity contribution in [3.63, 3.8) is 0 Å². The van der Waals surface area contributed by atoms with E-state index in [1.807, 2.05) is 0 Å². The highest BCUT2D eigenvalue weighted by Crippen LogP contribution is 2.35. The second-order valence-corrected chi connectivity index (χ2v) is 5.64. The van der Waals surface area contributed by atoms with Crippen LogP contribution in [0.1, 0.15) is 26.5 Å². The van der Waals surface area contributed by atoms with Gasteiger partial charge in [0.25, 0.3) is 5.91 Å². The van der Waals surface area contributed by atoms with Crippen molar-refractivity contribution in [3.05, 3.63) is 46.0 Å². The van der Waals surface area contributed by atoms with Crippen LogP contribution in [-0.4, -0.2) is 10.9 Å². The first-order valence-corrected chi connectivity index (χ1v) is 7.08. The van der Waals surface area contributed by atoms with Crippen LogP contribution in [0.25, 0.3) is 0 Å². The van der Waals surface area contributed by atoms with E-state index in [1.165, 1.54) is 6.07 Å². The van der Waals surface area contributed by atoms with Crippen LogP contribution in [0.2, 0.25) is 0 Å². The van der Waals surface area contributed by atoms with E-state index in [2.05, 4.69) is 10.3 Å². The molecule has 11 heteroatoms. The summed E-state index contributed by atoms with van der Waals surface area (Å²) in [6.45, 7) is -0.377. The number of benzene rings is 1. The van der Waals surface area contributed by atoms with E-state index in [0.717, 1.165) is 18.2 Å². The number of amides is 1. The molecule has 0 radical (unpaired) electrons. The Bertz CT molecular complexity index is 753. The molecule has 1 amide bonds. The number of carbonyl (C=O) groups is 1. The van der Waals surface area contributed by atoms with Gasteiger partial charge < -0.3 is 11.1 Å². The summed E-state index contributed by atoms with van der Waals surface area (Å²) in [6.07, 6.45) is -9.42. The Morgan fingerprint density at radius 3 is 2.42 bits per heavy atom.